The van der Waals surface area contributed by atoms with Crippen LogP contribution in [0.4, 0.5) is 26.3 Å². The van der Waals surface area contributed by atoms with Gasteiger partial charge in [-0.25, -0.2) is 0 Å². The van der Waals surface area contributed by atoms with Gasteiger partial charge in [0.05, 0.1) is 11.1 Å². The minimum atomic E-state index is -4.94. The Morgan fingerprint density at radius 3 is 1.74 bits per heavy atom. The second kappa shape index (κ2) is 5.10. The van der Waals surface area contributed by atoms with Gasteiger partial charge in [0.1, 0.15) is 5.75 Å². The van der Waals surface area contributed by atoms with Crippen LogP contribution in [0.25, 0.3) is 0 Å². The van der Waals surface area contributed by atoms with E-state index in [1.54, 1.807) is 0 Å². The van der Waals surface area contributed by atoms with Crippen LogP contribution in [0, 0.1) is 0 Å². The van der Waals surface area contributed by atoms with E-state index in [-0.39, 0.29) is 12.4 Å². The molecule has 0 spiro atoms. The fourth-order valence-electron chi connectivity index (χ4n) is 1.24. The van der Waals surface area contributed by atoms with Gasteiger partial charge in [0.15, 0.2) is 12.4 Å². The molecule has 2 nitrogen and oxygen atoms in total. The SMILES string of the molecule is C[C@@H](C=O)Oc1cc(C(F)(F)F)cc(C(F)(F)F)c1. The summed E-state index contributed by atoms with van der Waals surface area (Å²) in [5.41, 5.74) is -2.98. The molecule has 1 atom stereocenters. The molecule has 0 aliphatic heterocycles. The van der Waals surface area contributed by atoms with Crippen molar-refractivity contribution in [2.75, 3.05) is 0 Å². The van der Waals surface area contributed by atoms with Crippen molar-refractivity contribution in [2.24, 2.45) is 0 Å². The van der Waals surface area contributed by atoms with E-state index in [4.69, 9.17) is 0 Å². The molecule has 1 aromatic rings. The summed E-state index contributed by atoms with van der Waals surface area (Å²) in [5.74, 6) is -0.665. The summed E-state index contributed by atoms with van der Waals surface area (Å²) in [6, 6.07) is 0.808. The van der Waals surface area contributed by atoms with Gasteiger partial charge in [0, 0.05) is 0 Å². The van der Waals surface area contributed by atoms with E-state index in [0.29, 0.717) is 12.1 Å². The lowest BCUT2D eigenvalue weighted by molar-refractivity contribution is -0.143. The Labute approximate surface area is 104 Å². The minimum absolute atomic E-state index is 0.0154. The van der Waals surface area contributed by atoms with Crippen LogP contribution in [0.2, 0.25) is 0 Å². The van der Waals surface area contributed by atoms with Crippen LogP contribution in [0.15, 0.2) is 18.2 Å². The van der Waals surface area contributed by atoms with Gasteiger partial charge in [-0.05, 0) is 25.1 Å². The second-order valence-corrected chi connectivity index (χ2v) is 3.70. The van der Waals surface area contributed by atoms with Crippen molar-refractivity contribution in [3.8, 4) is 5.75 Å². The van der Waals surface area contributed by atoms with Gasteiger partial charge in [-0.3, -0.25) is 4.79 Å². The molecule has 0 unspecified atom stereocenters. The van der Waals surface area contributed by atoms with Gasteiger partial charge in [-0.2, -0.15) is 26.3 Å². The molecule has 0 aliphatic carbocycles. The number of carbonyl (C=O) groups excluding carboxylic acids is 1. The van der Waals surface area contributed by atoms with Crippen molar-refractivity contribution >= 4 is 6.29 Å². The predicted molar refractivity (Wildman–Crippen MR) is 52.6 cm³/mol. The summed E-state index contributed by atoms with van der Waals surface area (Å²) in [6.45, 7) is 1.19. The van der Waals surface area contributed by atoms with Crippen molar-refractivity contribution in [1.82, 2.24) is 0 Å². The first-order valence-corrected chi connectivity index (χ1v) is 4.95. The van der Waals surface area contributed by atoms with Gasteiger partial charge in [0.25, 0.3) is 0 Å². The fourth-order valence-corrected chi connectivity index (χ4v) is 1.24. The molecule has 0 radical (unpaired) electrons. The van der Waals surface area contributed by atoms with E-state index < -0.39 is 35.3 Å². The lowest BCUT2D eigenvalue weighted by Crippen LogP contribution is -2.16. The number of alkyl halides is 6. The Hall–Kier alpha value is -1.73. The van der Waals surface area contributed by atoms with Crippen molar-refractivity contribution in [1.29, 1.82) is 0 Å². The molecule has 0 saturated carbocycles. The average Bonchev–Trinajstić information content (AvgIpc) is 2.26. The highest BCUT2D eigenvalue weighted by atomic mass is 19.4. The molecule has 0 bridgehead atoms. The summed E-state index contributed by atoms with van der Waals surface area (Å²) in [5, 5.41) is 0. The second-order valence-electron chi connectivity index (χ2n) is 3.70. The van der Waals surface area contributed by atoms with Crippen LogP contribution in [-0.2, 0) is 17.1 Å². The van der Waals surface area contributed by atoms with E-state index in [9.17, 15) is 31.1 Å². The Bertz CT molecular complexity index is 431. The number of hydrogen-bond acceptors (Lipinski definition) is 2. The highest BCUT2D eigenvalue weighted by Crippen LogP contribution is 2.38. The van der Waals surface area contributed by atoms with Crippen LogP contribution in [0.1, 0.15) is 18.1 Å². The Morgan fingerprint density at radius 1 is 1.00 bits per heavy atom. The summed E-state index contributed by atoms with van der Waals surface area (Å²) in [6.07, 6.45) is -10.8. The van der Waals surface area contributed by atoms with Crippen molar-refractivity contribution in [2.45, 2.75) is 25.4 Å². The first-order chi connectivity index (χ1) is 8.54. The molecule has 106 valence electrons. The third-order valence-corrected chi connectivity index (χ3v) is 2.07. The number of benzene rings is 1. The molecule has 1 rings (SSSR count). The molecule has 19 heavy (non-hydrogen) atoms. The monoisotopic (exact) mass is 286 g/mol. The van der Waals surface area contributed by atoms with Crippen LogP contribution in [0.3, 0.4) is 0 Å². The molecule has 0 saturated heterocycles. The van der Waals surface area contributed by atoms with E-state index in [0.717, 1.165) is 0 Å². The van der Waals surface area contributed by atoms with Crippen molar-refractivity contribution < 1.29 is 35.9 Å². The summed E-state index contributed by atoms with van der Waals surface area (Å²) in [4.78, 5) is 10.3. The quantitative estimate of drug-likeness (QED) is 0.625. The zero-order chi connectivity index (χ0) is 14.8. The van der Waals surface area contributed by atoms with Crippen molar-refractivity contribution in [3.05, 3.63) is 29.3 Å². The Balaban J connectivity index is 3.28. The molecule has 0 amide bonds. The van der Waals surface area contributed by atoms with Crippen LogP contribution >= 0.6 is 0 Å². The molecular weight excluding hydrogens is 278 g/mol. The smallest absolute Gasteiger partial charge is 0.416 e. The van der Waals surface area contributed by atoms with E-state index in [1.165, 1.54) is 6.92 Å². The van der Waals surface area contributed by atoms with Crippen LogP contribution < -0.4 is 4.74 Å². The van der Waals surface area contributed by atoms with Gasteiger partial charge in [-0.1, -0.05) is 0 Å². The van der Waals surface area contributed by atoms with Gasteiger partial charge in [-0.15, -0.1) is 0 Å². The topological polar surface area (TPSA) is 26.3 Å². The molecule has 0 fully saturated rings. The zero-order valence-corrected chi connectivity index (χ0v) is 9.47. The number of aldehydes is 1. The highest BCUT2D eigenvalue weighted by Gasteiger charge is 2.37. The fraction of sp³-hybridized carbons (Fsp3) is 0.364. The molecule has 8 heteroatoms. The summed E-state index contributed by atoms with van der Waals surface area (Å²) < 4.78 is 79.4. The first kappa shape index (κ1) is 15.3. The van der Waals surface area contributed by atoms with Gasteiger partial charge in [0.2, 0.25) is 0 Å². The standard InChI is InChI=1S/C11H8F6O2/c1-6(5-18)19-9-3-7(10(12,13)14)2-8(4-9)11(15,16)17/h2-6H,1H3/t6-/m0/s1. The van der Waals surface area contributed by atoms with E-state index in [1.807, 2.05) is 0 Å². The third-order valence-electron chi connectivity index (χ3n) is 2.07. The van der Waals surface area contributed by atoms with E-state index in [2.05, 4.69) is 4.74 Å². The molecule has 0 aromatic heterocycles. The maximum absolute atomic E-state index is 12.5. The maximum Gasteiger partial charge on any atom is 0.416 e. The number of carbonyl (C=O) groups is 1. The number of hydrogen-bond donors (Lipinski definition) is 0. The summed E-state index contributed by atoms with van der Waals surface area (Å²) >= 11 is 0. The molecular formula is C11H8F6O2. The number of rotatable bonds is 3. The zero-order valence-electron chi connectivity index (χ0n) is 9.47. The Morgan fingerprint density at radius 2 is 1.42 bits per heavy atom. The minimum Gasteiger partial charge on any atom is -0.483 e. The lowest BCUT2D eigenvalue weighted by atomic mass is 10.1. The van der Waals surface area contributed by atoms with Crippen LogP contribution in [0.5, 0.6) is 5.75 Å². The normalized spacial score (nSPS) is 14.1. The average molecular weight is 286 g/mol. The Kier molecular flexibility index (Phi) is 4.12. The van der Waals surface area contributed by atoms with Crippen LogP contribution in [-0.4, -0.2) is 12.4 Å². The summed E-state index contributed by atoms with van der Waals surface area (Å²) in [7, 11) is 0. The molecule has 1 aromatic carbocycles. The first-order valence-electron chi connectivity index (χ1n) is 4.95. The molecule has 0 N–H and O–H groups in total. The van der Waals surface area contributed by atoms with E-state index >= 15 is 0 Å². The third kappa shape index (κ3) is 4.15. The molecule has 0 heterocycles. The molecule has 0 aliphatic rings. The number of halogens is 6. The predicted octanol–water partition coefficient (Wildman–Crippen LogP) is 3.69. The van der Waals surface area contributed by atoms with Gasteiger partial charge < -0.3 is 4.74 Å². The van der Waals surface area contributed by atoms with Gasteiger partial charge >= 0.3 is 12.4 Å². The van der Waals surface area contributed by atoms with Crippen molar-refractivity contribution in [3.63, 3.8) is 0 Å². The highest BCUT2D eigenvalue weighted by molar-refractivity contribution is 5.56. The maximum atomic E-state index is 12.5. The lowest BCUT2D eigenvalue weighted by Gasteiger charge is -2.15. The largest absolute Gasteiger partial charge is 0.483 e. The number of ether oxygens (including phenoxy) is 1.